The first-order valence-electron chi connectivity index (χ1n) is 7.82. The van der Waals surface area contributed by atoms with Crippen molar-refractivity contribution in [2.45, 2.75) is 45.4 Å². The number of aliphatic carboxylic acids is 1. The Morgan fingerprint density at radius 3 is 1.64 bits per heavy atom. The molecule has 2 rings (SSSR count). The number of carbonyl (C=O) groups is 1. The van der Waals surface area contributed by atoms with E-state index in [2.05, 4.69) is 33.8 Å². The normalized spacial score (nSPS) is 12.6. The molecule has 0 saturated heterocycles. The van der Waals surface area contributed by atoms with Gasteiger partial charge in [-0.15, -0.1) is 0 Å². The molecular formula is C20H24O2. The van der Waals surface area contributed by atoms with Crippen LogP contribution >= 0.6 is 0 Å². The second-order valence-corrected chi connectivity index (χ2v) is 6.42. The van der Waals surface area contributed by atoms with Gasteiger partial charge in [0, 0.05) is 0 Å². The van der Waals surface area contributed by atoms with E-state index in [1.54, 1.807) is 0 Å². The van der Waals surface area contributed by atoms with E-state index in [0.717, 1.165) is 11.1 Å². The molecule has 0 saturated carbocycles. The summed E-state index contributed by atoms with van der Waals surface area (Å²) in [7, 11) is 0. The molecule has 2 nitrogen and oxygen atoms in total. The fourth-order valence-electron chi connectivity index (χ4n) is 2.66. The number of benzene rings is 2. The van der Waals surface area contributed by atoms with Crippen LogP contribution in [0.5, 0.6) is 0 Å². The lowest BCUT2D eigenvalue weighted by Gasteiger charge is -2.19. The molecule has 22 heavy (non-hydrogen) atoms. The first-order chi connectivity index (χ1) is 10.4. The zero-order valence-electron chi connectivity index (χ0n) is 13.7. The van der Waals surface area contributed by atoms with E-state index in [1.165, 1.54) is 11.1 Å². The minimum Gasteiger partial charge on any atom is -0.481 e. The Labute approximate surface area is 132 Å². The molecule has 0 bridgehead atoms. The summed E-state index contributed by atoms with van der Waals surface area (Å²) in [6.07, 6.45) is 0. The van der Waals surface area contributed by atoms with Crippen molar-refractivity contribution in [2.75, 3.05) is 0 Å². The van der Waals surface area contributed by atoms with E-state index in [0.29, 0.717) is 11.8 Å². The highest BCUT2D eigenvalue weighted by Gasteiger charge is 2.23. The Kier molecular flexibility index (Phi) is 5.02. The van der Waals surface area contributed by atoms with Gasteiger partial charge in [-0.3, -0.25) is 4.79 Å². The summed E-state index contributed by atoms with van der Waals surface area (Å²) in [5.41, 5.74) is 4.09. The third kappa shape index (κ3) is 3.56. The van der Waals surface area contributed by atoms with Crippen molar-refractivity contribution in [3.63, 3.8) is 0 Å². The summed E-state index contributed by atoms with van der Waals surface area (Å²) in [5.74, 6) is -0.662. The maximum atomic E-state index is 11.9. The number of hydrogen-bond acceptors (Lipinski definition) is 1. The molecule has 0 aliphatic rings. The van der Waals surface area contributed by atoms with Crippen molar-refractivity contribution in [1.29, 1.82) is 0 Å². The quantitative estimate of drug-likeness (QED) is 0.828. The van der Waals surface area contributed by atoms with Gasteiger partial charge in [-0.2, -0.15) is 0 Å². The summed E-state index contributed by atoms with van der Waals surface area (Å²) in [6.45, 7) is 8.56. The van der Waals surface area contributed by atoms with Gasteiger partial charge in [-0.1, -0.05) is 76.2 Å². The van der Waals surface area contributed by atoms with Gasteiger partial charge in [0.25, 0.3) is 0 Å². The molecule has 0 amide bonds. The molecule has 1 unspecified atom stereocenters. The highest BCUT2D eigenvalue weighted by Crippen LogP contribution is 2.31. The van der Waals surface area contributed by atoms with Crippen molar-refractivity contribution in [3.8, 4) is 0 Å². The van der Waals surface area contributed by atoms with Gasteiger partial charge in [0.2, 0.25) is 0 Å². The maximum absolute atomic E-state index is 11.9. The third-order valence-electron chi connectivity index (χ3n) is 4.05. The van der Waals surface area contributed by atoms with E-state index < -0.39 is 11.9 Å². The average Bonchev–Trinajstić information content (AvgIpc) is 2.47. The van der Waals surface area contributed by atoms with Crippen molar-refractivity contribution in [3.05, 3.63) is 70.8 Å². The largest absolute Gasteiger partial charge is 0.481 e. The van der Waals surface area contributed by atoms with Crippen LogP contribution in [0.4, 0.5) is 0 Å². The van der Waals surface area contributed by atoms with Crippen LogP contribution in [-0.4, -0.2) is 11.1 Å². The van der Waals surface area contributed by atoms with E-state index in [9.17, 15) is 9.90 Å². The van der Waals surface area contributed by atoms with Crippen LogP contribution in [0.2, 0.25) is 0 Å². The average molecular weight is 296 g/mol. The van der Waals surface area contributed by atoms with E-state index in [4.69, 9.17) is 0 Å². The Morgan fingerprint density at radius 2 is 1.23 bits per heavy atom. The third-order valence-corrected chi connectivity index (χ3v) is 4.05. The number of rotatable bonds is 5. The van der Waals surface area contributed by atoms with Crippen molar-refractivity contribution >= 4 is 5.97 Å². The fraction of sp³-hybridized carbons (Fsp3) is 0.350. The molecule has 0 radical (unpaired) electrons. The zero-order chi connectivity index (χ0) is 16.3. The summed E-state index contributed by atoms with van der Waals surface area (Å²) in [4.78, 5) is 11.9. The van der Waals surface area contributed by atoms with Gasteiger partial charge in [-0.25, -0.2) is 0 Å². The Bertz CT molecular complexity index is 616. The minimum absolute atomic E-state index is 0.377. The molecule has 1 N–H and O–H groups in total. The molecule has 0 fully saturated rings. The molecule has 0 aromatic heterocycles. The lowest BCUT2D eigenvalue weighted by atomic mass is 9.85. The monoisotopic (exact) mass is 296 g/mol. The van der Waals surface area contributed by atoms with Gasteiger partial charge >= 0.3 is 5.97 Å². The summed E-state index contributed by atoms with van der Waals surface area (Å²) in [5, 5.41) is 9.74. The van der Waals surface area contributed by atoms with Crippen LogP contribution in [0.3, 0.4) is 0 Å². The van der Waals surface area contributed by atoms with Gasteiger partial charge in [-0.05, 0) is 34.1 Å². The van der Waals surface area contributed by atoms with Crippen LogP contribution in [0.1, 0.15) is 67.7 Å². The molecule has 116 valence electrons. The Balaban J connectivity index is 2.59. The van der Waals surface area contributed by atoms with Crippen LogP contribution in [0.15, 0.2) is 48.5 Å². The summed E-state index contributed by atoms with van der Waals surface area (Å²) >= 11 is 0. The number of hydrogen-bond donors (Lipinski definition) is 1. The molecule has 0 heterocycles. The van der Waals surface area contributed by atoms with Crippen LogP contribution in [0.25, 0.3) is 0 Å². The first kappa shape index (κ1) is 16.3. The SMILES string of the molecule is CC(C)c1cc(C(C)C)cc(C(C(=O)O)c2ccccc2)c1. The Morgan fingerprint density at radius 1 is 0.773 bits per heavy atom. The van der Waals surface area contributed by atoms with Gasteiger partial charge in [0.1, 0.15) is 5.92 Å². The lowest BCUT2D eigenvalue weighted by molar-refractivity contribution is -0.137. The molecule has 2 aromatic rings. The highest BCUT2D eigenvalue weighted by molar-refractivity contribution is 5.80. The van der Waals surface area contributed by atoms with Crippen LogP contribution in [0, 0.1) is 0 Å². The van der Waals surface area contributed by atoms with Crippen LogP contribution in [-0.2, 0) is 4.79 Å². The molecule has 2 heteroatoms. The summed E-state index contributed by atoms with van der Waals surface area (Å²) in [6, 6.07) is 15.7. The van der Waals surface area contributed by atoms with E-state index >= 15 is 0 Å². The maximum Gasteiger partial charge on any atom is 0.315 e. The van der Waals surface area contributed by atoms with Gasteiger partial charge in [0.05, 0.1) is 0 Å². The lowest BCUT2D eigenvalue weighted by Crippen LogP contribution is -2.14. The van der Waals surface area contributed by atoms with Gasteiger partial charge in [0.15, 0.2) is 0 Å². The predicted molar refractivity (Wildman–Crippen MR) is 90.5 cm³/mol. The number of carboxylic acids is 1. The van der Waals surface area contributed by atoms with Crippen molar-refractivity contribution in [1.82, 2.24) is 0 Å². The van der Waals surface area contributed by atoms with E-state index in [-0.39, 0.29) is 0 Å². The van der Waals surface area contributed by atoms with E-state index in [1.807, 2.05) is 42.5 Å². The first-order valence-corrected chi connectivity index (χ1v) is 7.82. The Hall–Kier alpha value is -2.09. The summed E-state index contributed by atoms with van der Waals surface area (Å²) < 4.78 is 0. The second kappa shape index (κ2) is 6.78. The molecule has 0 aliphatic heterocycles. The number of carboxylic acid groups (broad SMARTS) is 1. The predicted octanol–water partition coefficient (Wildman–Crippen LogP) is 5.15. The standard InChI is InChI=1S/C20H24O2/c1-13(2)16-10-17(14(3)4)12-18(11-16)19(20(21)22)15-8-6-5-7-9-15/h5-14,19H,1-4H3,(H,21,22). The second-order valence-electron chi connectivity index (χ2n) is 6.42. The van der Waals surface area contributed by atoms with Gasteiger partial charge < -0.3 is 5.11 Å². The smallest absolute Gasteiger partial charge is 0.315 e. The van der Waals surface area contributed by atoms with Crippen molar-refractivity contribution in [2.24, 2.45) is 0 Å². The molecule has 0 spiro atoms. The molecule has 1 atom stereocenters. The zero-order valence-corrected chi connectivity index (χ0v) is 13.7. The molecule has 2 aromatic carbocycles. The topological polar surface area (TPSA) is 37.3 Å². The van der Waals surface area contributed by atoms with Crippen molar-refractivity contribution < 1.29 is 9.90 Å². The molecule has 0 aliphatic carbocycles. The minimum atomic E-state index is -0.804. The highest BCUT2D eigenvalue weighted by atomic mass is 16.4. The van der Waals surface area contributed by atoms with Crippen LogP contribution < -0.4 is 0 Å². The molecular weight excluding hydrogens is 272 g/mol. The fourth-order valence-corrected chi connectivity index (χ4v) is 2.66.